The number of alkyl halides is 3. The summed E-state index contributed by atoms with van der Waals surface area (Å²) in [6.07, 6.45) is 2.09. The summed E-state index contributed by atoms with van der Waals surface area (Å²) in [6, 6.07) is 1.08. The van der Waals surface area contributed by atoms with Crippen LogP contribution in [0, 0.1) is 11.8 Å². The van der Waals surface area contributed by atoms with E-state index < -0.39 is 17.6 Å². The van der Waals surface area contributed by atoms with Crippen molar-refractivity contribution in [2.24, 2.45) is 11.8 Å². The molecule has 2 N–H and O–H groups in total. The summed E-state index contributed by atoms with van der Waals surface area (Å²) in [7, 11) is 0. The van der Waals surface area contributed by atoms with Crippen LogP contribution < -0.4 is 5.73 Å². The van der Waals surface area contributed by atoms with E-state index in [1.807, 2.05) is 6.20 Å². The molecule has 1 saturated heterocycles. The zero-order chi connectivity index (χ0) is 21.1. The summed E-state index contributed by atoms with van der Waals surface area (Å²) in [6.45, 7) is 3.42. The molecule has 31 heavy (non-hydrogen) atoms. The standard InChI is InChI=1S/C22H22F3N5O/c23-22(24,25)14-7-12(9-27-19(14)26)15-10-30(20(28-15)11-1-2-11)21-13-8-16(18(21)17(13)21)29-3-5-31-6-4-29/h7,9-11,13,17H,1-6,8H2,(H2,26,27)/t13-,17-,21-/m0/s1. The van der Waals surface area contributed by atoms with E-state index in [1.54, 1.807) is 0 Å². The third kappa shape index (κ3) is 2.32. The number of hydrogen-bond acceptors (Lipinski definition) is 5. The van der Waals surface area contributed by atoms with Gasteiger partial charge in [0.15, 0.2) is 0 Å². The molecule has 3 atom stereocenters. The van der Waals surface area contributed by atoms with Crippen molar-refractivity contribution in [2.75, 3.05) is 32.0 Å². The van der Waals surface area contributed by atoms with Crippen molar-refractivity contribution in [3.63, 3.8) is 0 Å². The van der Waals surface area contributed by atoms with Gasteiger partial charge in [0.05, 0.1) is 30.0 Å². The first-order chi connectivity index (χ1) is 14.9. The van der Waals surface area contributed by atoms with Crippen LogP contribution in [0.25, 0.3) is 11.3 Å². The maximum Gasteiger partial charge on any atom is 0.419 e. The Hall–Kier alpha value is -2.55. The molecule has 2 aromatic heterocycles. The van der Waals surface area contributed by atoms with E-state index in [1.165, 1.54) is 17.5 Å². The first-order valence-corrected chi connectivity index (χ1v) is 10.9. The van der Waals surface area contributed by atoms with Crippen molar-refractivity contribution < 1.29 is 17.9 Å². The monoisotopic (exact) mass is 429 g/mol. The van der Waals surface area contributed by atoms with Gasteiger partial charge in [0.1, 0.15) is 11.6 Å². The second-order valence-electron chi connectivity index (χ2n) is 9.36. The highest BCUT2D eigenvalue weighted by Crippen LogP contribution is 2.88. The molecule has 162 valence electrons. The van der Waals surface area contributed by atoms with Gasteiger partial charge in [0.25, 0.3) is 0 Å². The molecule has 3 heterocycles. The number of anilines is 1. The molecule has 0 spiro atoms. The largest absolute Gasteiger partial charge is 0.419 e. The number of imidazole rings is 1. The van der Waals surface area contributed by atoms with Gasteiger partial charge in [-0.2, -0.15) is 13.2 Å². The number of nitrogens with zero attached hydrogens (tertiary/aromatic N) is 4. The molecule has 2 bridgehead atoms. The Balaban J connectivity index is 1.28. The van der Waals surface area contributed by atoms with Crippen LogP contribution in [0.15, 0.2) is 29.7 Å². The molecule has 0 radical (unpaired) electrons. The van der Waals surface area contributed by atoms with E-state index in [0.29, 0.717) is 29.0 Å². The van der Waals surface area contributed by atoms with Crippen LogP contribution in [0.5, 0.6) is 0 Å². The van der Waals surface area contributed by atoms with Crippen molar-refractivity contribution in [3.05, 3.63) is 41.1 Å². The van der Waals surface area contributed by atoms with E-state index >= 15 is 0 Å². The predicted octanol–water partition coefficient (Wildman–Crippen LogP) is 3.37. The van der Waals surface area contributed by atoms with E-state index in [-0.39, 0.29) is 5.54 Å². The van der Waals surface area contributed by atoms with Crippen molar-refractivity contribution >= 4 is 5.82 Å². The smallest absolute Gasteiger partial charge is 0.383 e. The number of fused-ring (bicyclic) bond motifs is 1. The van der Waals surface area contributed by atoms with E-state index in [4.69, 9.17) is 15.5 Å². The van der Waals surface area contributed by atoms with Crippen LogP contribution in [0.1, 0.15) is 36.6 Å². The minimum absolute atomic E-state index is 0.0326. The van der Waals surface area contributed by atoms with Gasteiger partial charge in [-0.05, 0) is 30.9 Å². The van der Waals surface area contributed by atoms with Gasteiger partial charge in [-0.3, -0.25) is 0 Å². The molecule has 8 rings (SSSR count). The molecule has 0 amide bonds. The lowest BCUT2D eigenvalue weighted by Crippen LogP contribution is -2.35. The van der Waals surface area contributed by atoms with E-state index in [9.17, 15) is 13.2 Å². The molecule has 4 fully saturated rings. The molecule has 0 aromatic carbocycles. The molecule has 3 saturated carbocycles. The second kappa shape index (κ2) is 5.62. The van der Waals surface area contributed by atoms with Gasteiger partial charge in [0.2, 0.25) is 0 Å². The quantitative estimate of drug-likeness (QED) is 0.807. The Labute approximate surface area is 176 Å². The van der Waals surface area contributed by atoms with Crippen LogP contribution in [0.4, 0.5) is 19.0 Å². The van der Waals surface area contributed by atoms with Crippen LogP contribution >= 0.6 is 0 Å². The molecular weight excluding hydrogens is 407 g/mol. The lowest BCUT2D eigenvalue weighted by atomic mass is 10.1. The van der Waals surface area contributed by atoms with Crippen molar-refractivity contribution in [3.8, 4) is 11.3 Å². The van der Waals surface area contributed by atoms with Crippen LogP contribution in [-0.2, 0) is 16.5 Å². The molecule has 1 aliphatic heterocycles. The number of rotatable bonds is 4. The third-order valence-corrected chi connectivity index (χ3v) is 7.70. The van der Waals surface area contributed by atoms with Gasteiger partial charge < -0.3 is 19.9 Å². The zero-order valence-electron chi connectivity index (χ0n) is 16.8. The number of ether oxygens (including phenoxy) is 1. The Morgan fingerprint density at radius 1 is 1.19 bits per heavy atom. The van der Waals surface area contributed by atoms with Gasteiger partial charge in [0, 0.05) is 54.5 Å². The molecule has 6 aliphatic rings. The van der Waals surface area contributed by atoms with E-state index in [2.05, 4.69) is 14.5 Å². The first kappa shape index (κ1) is 18.1. The topological polar surface area (TPSA) is 69.2 Å². The number of nitrogens with two attached hydrogens (primary N) is 1. The second-order valence-corrected chi connectivity index (χ2v) is 9.36. The van der Waals surface area contributed by atoms with Crippen LogP contribution in [0.2, 0.25) is 0 Å². The van der Waals surface area contributed by atoms with E-state index in [0.717, 1.165) is 57.5 Å². The first-order valence-electron chi connectivity index (χ1n) is 10.9. The number of pyridine rings is 1. The Kier molecular flexibility index (Phi) is 3.28. The highest BCUT2D eigenvalue weighted by atomic mass is 19.4. The van der Waals surface area contributed by atoms with Gasteiger partial charge in [-0.15, -0.1) is 0 Å². The molecule has 2 aromatic rings. The normalized spacial score (nSPS) is 31.3. The highest BCUT2D eigenvalue weighted by molar-refractivity contribution is 5.68. The number of allylic oxidation sites excluding steroid dienone is 2. The van der Waals surface area contributed by atoms with Crippen molar-refractivity contribution in [1.82, 2.24) is 19.4 Å². The molecule has 9 heteroatoms. The summed E-state index contributed by atoms with van der Waals surface area (Å²) in [5.74, 6) is 2.11. The van der Waals surface area contributed by atoms with Crippen LogP contribution in [0.3, 0.4) is 0 Å². The fourth-order valence-corrected chi connectivity index (χ4v) is 6.00. The average Bonchev–Trinajstić information content (AvgIpc) is 3.69. The fraction of sp³-hybridized carbons (Fsp3) is 0.545. The fourth-order valence-electron chi connectivity index (χ4n) is 6.00. The minimum atomic E-state index is -4.54. The van der Waals surface area contributed by atoms with Gasteiger partial charge >= 0.3 is 6.18 Å². The maximum absolute atomic E-state index is 13.3. The Morgan fingerprint density at radius 3 is 2.65 bits per heavy atom. The van der Waals surface area contributed by atoms with Crippen LogP contribution in [-0.4, -0.2) is 45.7 Å². The number of halogens is 3. The maximum atomic E-state index is 13.3. The SMILES string of the molecule is Nc1ncc(-c2cn([C@@]34C5=C(N6CCOCC6)C[C@H]3[C@@H]54)c(C3CC3)n2)cc1C(F)(F)F. The number of aromatic nitrogens is 3. The molecule has 5 aliphatic carbocycles. The average molecular weight is 429 g/mol. The Morgan fingerprint density at radius 2 is 1.97 bits per heavy atom. The molecular formula is C22H22F3N5O. The summed E-state index contributed by atoms with van der Waals surface area (Å²) in [5, 5.41) is 0. The van der Waals surface area contributed by atoms with Crippen molar-refractivity contribution in [1.29, 1.82) is 0 Å². The number of morpholine rings is 1. The molecule has 0 unspecified atom stereocenters. The lowest BCUT2D eigenvalue weighted by Gasteiger charge is -2.29. The molecule has 6 nitrogen and oxygen atoms in total. The Bertz CT molecular complexity index is 1140. The lowest BCUT2D eigenvalue weighted by molar-refractivity contribution is -0.137. The summed E-state index contributed by atoms with van der Waals surface area (Å²) in [4.78, 5) is 11.1. The van der Waals surface area contributed by atoms with Gasteiger partial charge in [-0.1, -0.05) is 0 Å². The summed E-state index contributed by atoms with van der Waals surface area (Å²) < 4.78 is 47.8. The summed E-state index contributed by atoms with van der Waals surface area (Å²) >= 11 is 0. The summed E-state index contributed by atoms with van der Waals surface area (Å²) in [5.41, 5.74) is 8.54. The highest BCUT2D eigenvalue weighted by Gasteiger charge is 2.89. The van der Waals surface area contributed by atoms with Gasteiger partial charge in [-0.25, -0.2) is 9.97 Å². The number of hydrogen-bond donors (Lipinski definition) is 1. The minimum Gasteiger partial charge on any atom is -0.383 e. The third-order valence-electron chi connectivity index (χ3n) is 7.70. The number of nitrogen functional groups attached to an aromatic ring is 1. The van der Waals surface area contributed by atoms with Crippen molar-refractivity contribution in [2.45, 2.75) is 36.9 Å². The zero-order valence-corrected chi connectivity index (χ0v) is 16.8. The predicted molar refractivity (Wildman–Crippen MR) is 106 cm³/mol.